The van der Waals surface area contributed by atoms with Crippen LogP contribution in [0, 0.1) is 11.8 Å². The van der Waals surface area contributed by atoms with Gasteiger partial charge in [-0.2, -0.15) is 5.06 Å². The van der Waals surface area contributed by atoms with Crippen molar-refractivity contribution in [3.63, 3.8) is 0 Å². The van der Waals surface area contributed by atoms with E-state index >= 15 is 4.79 Å². The Labute approximate surface area is 323 Å². The van der Waals surface area contributed by atoms with Crippen molar-refractivity contribution < 1.29 is 48.0 Å². The van der Waals surface area contributed by atoms with Gasteiger partial charge in [-0.05, 0) is 87.9 Å². The number of methoxy groups -OCH3 is 3. The minimum absolute atomic E-state index is 0.0459. The first-order valence-electron chi connectivity index (χ1n) is 19.5. The Hall–Kier alpha value is -4.49. The molecule has 5 atom stereocenters. The molecule has 2 N–H and O–H groups in total. The minimum atomic E-state index is -0.970. The molecule has 2 aliphatic carbocycles. The van der Waals surface area contributed by atoms with Crippen molar-refractivity contribution in [2.24, 2.45) is 11.8 Å². The van der Waals surface area contributed by atoms with Crippen LogP contribution in [0.2, 0.25) is 0 Å². The van der Waals surface area contributed by atoms with Gasteiger partial charge in [0.15, 0.2) is 23.0 Å². The summed E-state index contributed by atoms with van der Waals surface area (Å²) in [5, 5.41) is 15.8. The van der Waals surface area contributed by atoms with E-state index in [1.165, 1.54) is 12.2 Å². The molecule has 13 heteroatoms. The van der Waals surface area contributed by atoms with Gasteiger partial charge in [0.25, 0.3) is 5.91 Å². The zero-order valence-corrected chi connectivity index (χ0v) is 33.2. The third kappa shape index (κ3) is 6.56. The maximum atomic E-state index is 15.0. The van der Waals surface area contributed by atoms with Crippen molar-refractivity contribution in [2.75, 3.05) is 34.7 Å². The number of rotatable bonds is 11. The maximum Gasteiger partial charge on any atom is 0.310 e. The first-order chi connectivity index (χ1) is 26.3. The van der Waals surface area contributed by atoms with Crippen molar-refractivity contribution >= 4 is 17.8 Å². The number of hydroxylamine groups is 2. The predicted octanol–water partition coefficient (Wildman–Crippen LogP) is 6.05. The minimum Gasteiger partial charge on any atom is -0.493 e. The summed E-state index contributed by atoms with van der Waals surface area (Å²) in [5.41, 5.74) is 1.03. The van der Waals surface area contributed by atoms with Crippen LogP contribution in [0.15, 0.2) is 35.9 Å². The Morgan fingerprint density at radius 1 is 0.945 bits per heavy atom. The number of esters is 1. The number of fused-ring (bicyclic) bond motifs is 3. The van der Waals surface area contributed by atoms with Crippen molar-refractivity contribution in [1.82, 2.24) is 15.3 Å². The molecular formula is C42H55N3O10. The molecular weight excluding hydrogens is 706 g/mol. The van der Waals surface area contributed by atoms with Crippen LogP contribution in [0.25, 0.3) is 0 Å². The lowest BCUT2D eigenvalue weighted by molar-refractivity contribution is -0.187. The summed E-state index contributed by atoms with van der Waals surface area (Å²) in [5.74, 6) is -0.144. The van der Waals surface area contributed by atoms with E-state index in [9.17, 15) is 14.8 Å². The van der Waals surface area contributed by atoms with Crippen molar-refractivity contribution in [1.29, 1.82) is 0 Å². The number of nitrogens with zero attached hydrogens (tertiary/aromatic N) is 2. The van der Waals surface area contributed by atoms with Gasteiger partial charge in [-0.1, -0.05) is 38.7 Å². The number of hydrogen-bond acceptors (Lipinski definition) is 11. The monoisotopic (exact) mass is 761 g/mol. The molecule has 55 heavy (non-hydrogen) atoms. The summed E-state index contributed by atoms with van der Waals surface area (Å²) in [4.78, 5) is 45.7. The summed E-state index contributed by atoms with van der Waals surface area (Å²) in [6, 6.07) is 5.90. The molecule has 1 unspecified atom stereocenters. The van der Waals surface area contributed by atoms with Crippen LogP contribution in [-0.2, 0) is 19.1 Å². The van der Waals surface area contributed by atoms with E-state index in [4.69, 9.17) is 28.4 Å². The second-order valence-corrected chi connectivity index (χ2v) is 16.5. The molecule has 1 saturated heterocycles. The van der Waals surface area contributed by atoms with Crippen LogP contribution in [0.4, 0.5) is 0 Å². The number of hydrogen-bond donors (Lipinski definition) is 2. The number of carbonyl (C=O) groups excluding carboxylic acids is 3. The molecule has 2 fully saturated rings. The number of amides is 2. The summed E-state index contributed by atoms with van der Waals surface area (Å²) in [6.07, 6.45) is 7.51. The average molecular weight is 762 g/mol. The molecule has 0 spiro atoms. The molecule has 3 aliphatic heterocycles. The van der Waals surface area contributed by atoms with Gasteiger partial charge in [-0.25, -0.2) is 0 Å². The molecule has 2 aromatic rings. The highest BCUT2D eigenvalue weighted by atomic mass is 16.7. The molecule has 298 valence electrons. The standard InChI is InChI=1S/C42H55N3O10/c1-9-13-29(44(24-14-11-10-12-15-24)39(47)28-20-41(2,3)45(49)42(28,4)5)38(46)43-36-26-19-31-30(54-22-55-31)18-25(26)34(35-27(36)21-53-40(35)48)23-16-32(50-6)37(52-8)33(17-23)51-7/h16-20,24,27,29,34-36,49H,9-15,21-22H2,1-8H3,(H,43,46)/t27-,29?,34+,35-,36+/m0/s1. The van der Waals surface area contributed by atoms with Gasteiger partial charge >= 0.3 is 5.97 Å². The third-order valence-corrected chi connectivity index (χ3v) is 12.4. The number of nitrogens with one attached hydrogen (secondary N) is 1. The summed E-state index contributed by atoms with van der Waals surface area (Å²) < 4.78 is 34.6. The molecule has 5 aliphatic rings. The smallest absolute Gasteiger partial charge is 0.310 e. The number of benzene rings is 2. The second-order valence-electron chi connectivity index (χ2n) is 16.5. The highest BCUT2D eigenvalue weighted by molar-refractivity contribution is 5.99. The van der Waals surface area contributed by atoms with E-state index in [0.717, 1.165) is 48.8 Å². The van der Waals surface area contributed by atoms with E-state index < -0.39 is 40.9 Å². The van der Waals surface area contributed by atoms with Crippen molar-refractivity contribution in [2.45, 2.75) is 115 Å². The number of cyclic esters (lactones) is 1. The Bertz CT molecular complexity index is 1840. The van der Waals surface area contributed by atoms with Gasteiger partial charge in [-0.3, -0.25) is 14.4 Å². The van der Waals surface area contributed by atoms with Gasteiger partial charge < -0.3 is 43.8 Å². The fourth-order valence-corrected chi connectivity index (χ4v) is 9.76. The van der Waals surface area contributed by atoms with Crippen LogP contribution in [0.1, 0.15) is 108 Å². The SMILES string of the molecule is CCCC(C(=O)N[C@@H]1c2cc3c(cc2[C@@H](c2cc(OC)c(OC)c(OC)c2)[C@H]2C(=O)OC[C@@H]21)OCO3)N(C(=O)C1=CC(C)(C)N(O)C1(C)C)C1CCCCC1. The summed E-state index contributed by atoms with van der Waals surface area (Å²) >= 11 is 0. The Morgan fingerprint density at radius 2 is 1.58 bits per heavy atom. The lowest BCUT2D eigenvalue weighted by Gasteiger charge is -2.43. The summed E-state index contributed by atoms with van der Waals surface area (Å²) in [7, 11) is 4.63. The molecule has 13 nitrogen and oxygen atoms in total. The Morgan fingerprint density at radius 3 is 2.15 bits per heavy atom. The lowest BCUT2D eigenvalue weighted by atomic mass is 9.65. The van der Waals surface area contributed by atoms with E-state index in [1.807, 2.05) is 69.9 Å². The third-order valence-electron chi connectivity index (χ3n) is 12.4. The highest BCUT2D eigenvalue weighted by Crippen LogP contribution is 2.56. The first kappa shape index (κ1) is 38.8. The van der Waals surface area contributed by atoms with Gasteiger partial charge in [0.2, 0.25) is 18.4 Å². The number of ether oxygens (including phenoxy) is 6. The van der Waals surface area contributed by atoms with E-state index in [2.05, 4.69) is 5.32 Å². The van der Waals surface area contributed by atoms with Crippen LogP contribution in [0.5, 0.6) is 28.7 Å². The molecule has 0 radical (unpaired) electrons. The maximum absolute atomic E-state index is 15.0. The zero-order chi connectivity index (χ0) is 39.4. The molecule has 2 aromatic carbocycles. The summed E-state index contributed by atoms with van der Waals surface area (Å²) in [6.45, 7) is 9.57. The lowest BCUT2D eigenvalue weighted by Crippen LogP contribution is -2.58. The zero-order valence-electron chi connectivity index (χ0n) is 33.2. The quantitative estimate of drug-likeness (QED) is 0.258. The second kappa shape index (κ2) is 14.9. The first-order valence-corrected chi connectivity index (χ1v) is 19.5. The van der Waals surface area contributed by atoms with E-state index in [1.54, 1.807) is 14.2 Å². The molecule has 0 bridgehead atoms. The van der Waals surface area contributed by atoms with Crippen molar-refractivity contribution in [3.05, 3.63) is 52.6 Å². The largest absolute Gasteiger partial charge is 0.493 e. The topological polar surface area (TPSA) is 145 Å². The normalized spacial score (nSPS) is 25.6. The number of carbonyl (C=O) groups is 3. The van der Waals surface area contributed by atoms with Crippen molar-refractivity contribution in [3.8, 4) is 28.7 Å². The van der Waals surface area contributed by atoms with E-state index in [-0.39, 0.29) is 37.2 Å². The fraction of sp³-hybridized carbons (Fsp3) is 0.595. The van der Waals surface area contributed by atoms with Gasteiger partial charge in [0.05, 0.1) is 51.0 Å². The molecule has 0 aromatic heterocycles. The van der Waals surface area contributed by atoms with Crippen LogP contribution >= 0.6 is 0 Å². The Balaban J connectivity index is 1.32. The van der Waals surface area contributed by atoms with Crippen LogP contribution < -0.4 is 29.0 Å². The predicted molar refractivity (Wildman–Crippen MR) is 202 cm³/mol. The fourth-order valence-electron chi connectivity index (χ4n) is 9.76. The Kier molecular flexibility index (Phi) is 10.5. The molecule has 3 heterocycles. The van der Waals surface area contributed by atoms with Crippen LogP contribution in [0.3, 0.4) is 0 Å². The van der Waals surface area contributed by atoms with Gasteiger partial charge in [0.1, 0.15) is 6.04 Å². The van der Waals surface area contributed by atoms with Crippen LogP contribution in [-0.4, -0.2) is 90.8 Å². The van der Waals surface area contributed by atoms with Gasteiger partial charge in [0, 0.05) is 23.5 Å². The average Bonchev–Trinajstić information content (AvgIpc) is 3.85. The van der Waals surface area contributed by atoms with Gasteiger partial charge in [-0.15, -0.1) is 0 Å². The van der Waals surface area contributed by atoms with E-state index in [0.29, 0.717) is 47.2 Å². The molecule has 1 saturated carbocycles. The molecule has 7 rings (SSSR count). The highest BCUT2D eigenvalue weighted by Gasteiger charge is 2.55. The molecule has 2 amide bonds.